The molecule has 0 spiro atoms. The lowest BCUT2D eigenvalue weighted by Crippen LogP contribution is -2.35. The van der Waals surface area contributed by atoms with E-state index in [0.29, 0.717) is 25.2 Å². The molecule has 0 unspecified atom stereocenters. The molecule has 6 heteroatoms. The number of nitrogens with one attached hydrogen (secondary N) is 1. The number of hydrogen-bond donors (Lipinski definition) is 1. The first-order valence-corrected chi connectivity index (χ1v) is 8.64. The third-order valence-corrected chi connectivity index (χ3v) is 5.34. The van der Waals surface area contributed by atoms with Gasteiger partial charge in [-0.1, -0.05) is 30.3 Å². The molecule has 2 amide bonds. The van der Waals surface area contributed by atoms with Crippen LogP contribution in [-0.2, 0) is 11.2 Å². The summed E-state index contributed by atoms with van der Waals surface area (Å²) in [7, 11) is 0. The van der Waals surface area contributed by atoms with Crippen LogP contribution in [0.25, 0.3) is 0 Å². The van der Waals surface area contributed by atoms with E-state index in [4.69, 9.17) is 0 Å². The predicted octanol–water partition coefficient (Wildman–Crippen LogP) is 1.69. The molecule has 2 fully saturated rings. The van der Waals surface area contributed by atoms with Gasteiger partial charge in [0.25, 0.3) is 5.91 Å². The topological polar surface area (TPSA) is 62.3 Å². The second kappa shape index (κ2) is 5.77. The molecule has 0 saturated carbocycles. The maximum atomic E-state index is 12.6. The molecule has 1 N–H and O–H groups in total. The summed E-state index contributed by atoms with van der Waals surface area (Å²) < 4.78 is 0. The standard InChI is InChI=1S/C17H17N3O2S/c21-15-7-12-8-20(9-13(12)18-15)17(22)14-10-23-16(19-14)6-11-4-2-1-3-5-11/h1-5,10,12-13H,6-9H2,(H,18,21)/t12-,13+/m0/s1. The number of carbonyl (C=O) groups excluding carboxylic acids is 2. The van der Waals surface area contributed by atoms with E-state index < -0.39 is 0 Å². The van der Waals surface area contributed by atoms with Crippen LogP contribution in [-0.4, -0.2) is 40.8 Å². The summed E-state index contributed by atoms with van der Waals surface area (Å²) in [5.74, 6) is 0.337. The van der Waals surface area contributed by atoms with Crippen molar-refractivity contribution in [1.82, 2.24) is 15.2 Å². The maximum absolute atomic E-state index is 12.6. The minimum absolute atomic E-state index is 0.0239. The molecule has 2 atom stereocenters. The fourth-order valence-electron chi connectivity index (χ4n) is 3.33. The summed E-state index contributed by atoms with van der Waals surface area (Å²) in [5, 5.41) is 5.73. The van der Waals surface area contributed by atoms with Gasteiger partial charge in [-0.15, -0.1) is 11.3 Å². The highest BCUT2D eigenvalue weighted by Crippen LogP contribution is 2.27. The number of benzene rings is 1. The number of aromatic nitrogens is 1. The van der Waals surface area contributed by atoms with Crippen LogP contribution in [0.1, 0.15) is 27.5 Å². The average molecular weight is 327 g/mol. The zero-order valence-electron chi connectivity index (χ0n) is 12.6. The fourth-order valence-corrected chi connectivity index (χ4v) is 4.14. The Hall–Kier alpha value is -2.21. The quantitative estimate of drug-likeness (QED) is 0.933. The predicted molar refractivity (Wildman–Crippen MR) is 87.3 cm³/mol. The molecule has 0 radical (unpaired) electrons. The number of likely N-dealkylation sites (tertiary alicyclic amines) is 1. The van der Waals surface area contributed by atoms with E-state index in [-0.39, 0.29) is 23.8 Å². The first-order valence-electron chi connectivity index (χ1n) is 7.76. The SMILES string of the molecule is O=C1C[C@H]2CN(C(=O)c3csc(Cc4ccccc4)n3)C[C@H]2N1. The van der Waals surface area contributed by atoms with Crippen LogP contribution in [0.2, 0.25) is 0 Å². The molecule has 2 saturated heterocycles. The van der Waals surface area contributed by atoms with Crippen molar-refractivity contribution < 1.29 is 9.59 Å². The molecule has 2 aromatic rings. The highest BCUT2D eigenvalue weighted by Gasteiger charge is 2.42. The van der Waals surface area contributed by atoms with Crippen molar-refractivity contribution in [2.75, 3.05) is 13.1 Å². The summed E-state index contributed by atoms with van der Waals surface area (Å²) in [5.41, 5.74) is 1.71. The summed E-state index contributed by atoms with van der Waals surface area (Å²) in [6.45, 7) is 1.24. The van der Waals surface area contributed by atoms with Crippen molar-refractivity contribution in [2.24, 2.45) is 5.92 Å². The van der Waals surface area contributed by atoms with Crippen molar-refractivity contribution in [3.63, 3.8) is 0 Å². The van der Waals surface area contributed by atoms with E-state index >= 15 is 0 Å². The van der Waals surface area contributed by atoms with Gasteiger partial charge in [-0.3, -0.25) is 9.59 Å². The third-order valence-electron chi connectivity index (χ3n) is 4.49. The molecule has 0 bridgehead atoms. The van der Waals surface area contributed by atoms with Gasteiger partial charge in [-0.25, -0.2) is 4.98 Å². The Labute approximate surface area is 138 Å². The van der Waals surface area contributed by atoms with Crippen LogP contribution in [0.3, 0.4) is 0 Å². The van der Waals surface area contributed by atoms with E-state index in [1.165, 1.54) is 16.9 Å². The Bertz CT molecular complexity index is 727. The third kappa shape index (κ3) is 2.86. The van der Waals surface area contributed by atoms with Crippen molar-refractivity contribution in [3.8, 4) is 0 Å². The Balaban J connectivity index is 1.43. The minimum Gasteiger partial charge on any atom is -0.351 e. The minimum atomic E-state index is -0.0239. The lowest BCUT2D eigenvalue weighted by Gasteiger charge is -2.15. The zero-order chi connectivity index (χ0) is 15.8. The molecule has 0 aliphatic carbocycles. The van der Waals surface area contributed by atoms with Crippen molar-refractivity contribution in [3.05, 3.63) is 52.0 Å². The lowest BCUT2D eigenvalue weighted by atomic mass is 10.1. The van der Waals surface area contributed by atoms with E-state index in [1.807, 2.05) is 28.5 Å². The van der Waals surface area contributed by atoms with E-state index in [1.54, 1.807) is 0 Å². The largest absolute Gasteiger partial charge is 0.351 e. The van der Waals surface area contributed by atoms with Gasteiger partial charge in [0.15, 0.2) is 0 Å². The van der Waals surface area contributed by atoms with Crippen LogP contribution in [0.4, 0.5) is 0 Å². The van der Waals surface area contributed by atoms with Gasteiger partial charge in [0.1, 0.15) is 5.69 Å². The van der Waals surface area contributed by atoms with Crippen LogP contribution >= 0.6 is 11.3 Å². The molecule has 3 heterocycles. The van der Waals surface area contributed by atoms with Crippen LogP contribution < -0.4 is 5.32 Å². The van der Waals surface area contributed by atoms with Gasteiger partial charge in [-0.2, -0.15) is 0 Å². The van der Waals surface area contributed by atoms with Gasteiger partial charge in [0.2, 0.25) is 5.91 Å². The number of amides is 2. The van der Waals surface area contributed by atoms with Crippen molar-refractivity contribution >= 4 is 23.2 Å². The van der Waals surface area contributed by atoms with Gasteiger partial charge in [0, 0.05) is 37.2 Å². The molecule has 1 aromatic heterocycles. The molecule has 118 valence electrons. The van der Waals surface area contributed by atoms with Gasteiger partial charge >= 0.3 is 0 Å². The molecule has 1 aromatic carbocycles. The van der Waals surface area contributed by atoms with E-state index in [0.717, 1.165) is 11.4 Å². The summed E-state index contributed by atoms with van der Waals surface area (Å²) in [6, 6.07) is 10.2. The number of carbonyl (C=O) groups is 2. The average Bonchev–Trinajstić information content (AvgIpc) is 3.22. The Kier molecular flexibility index (Phi) is 3.61. The molecule has 23 heavy (non-hydrogen) atoms. The van der Waals surface area contributed by atoms with Gasteiger partial charge < -0.3 is 10.2 Å². The molecule has 5 nitrogen and oxygen atoms in total. The number of nitrogens with zero attached hydrogens (tertiary/aromatic N) is 2. The molecule has 4 rings (SSSR count). The summed E-state index contributed by atoms with van der Waals surface area (Å²) in [6.07, 6.45) is 1.28. The molecule has 2 aliphatic heterocycles. The number of hydrogen-bond acceptors (Lipinski definition) is 4. The molecule has 2 aliphatic rings. The van der Waals surface area contributed by atoms with Crippen LogP contribution in [0.5, 0.6) is 0 Å². The highest BCUT2D eigenvalue weighted by atomic mass is 32.1. The lowest BCUT2D eigenvalue weighted by molar-refractivity contribution is -0.119. The number of rotatable bonds is 3. The van der Waals surface area contributed by atoms with Crippen LogP contribution in [0.15, 0.2) is 35.7 Å². The van der Waals surface area contributed by atoms with Gasteiger partial charge in [-0.05, 0) is 5.56 Å². The summed E-state index contributed by atoms with van der Waals surface area (Å²) >= 11 is 1.52. The smallest absolute Gasteiger partial charge is 0.273 e. The second-order valence-electron chi connectivity index (χ2n) is 6.14. The number of thiazole rings is 1. The van der Waals surface area contributed by atoms with E-state index in [9.17, 15) is 9.59 Å². The highest BCUT2D eigenvalue weighted by molar-refractivity contribution is 7.09. The van der Waals surface area contributed by atoms with Gasteiger partial charge in [0.05, 0.1) is 11.0 Å². The molecular weight excluding hydrogens is 310 g/mol. The Morgan fingerprint density at radius 2 is 2.13 bits per heavy atom. The van der Waals surface area contributed by atoms with Crippen LogP contribution in [0, 0.1) is 5.92 Å². The normalized spacial score (nSPS) is 23.0. The van der Waals surface area contributed by atoms with Crippen molar-refractivity contribution in [2.45, 2.75) is 18.9 Å². The number of fused-ring (bicyclic) bond motifs is 1. The first kappa shape index (κ1) is 14.4. The first-order chi connectivity index (χ1) is 11.2. The maximum Gasteiger partial charge on any atom is 0.273 e. The zero-order valence-corrected chi connectivity index (χ0v) is 13.4. The van der Waals surface area contributed by atoms with E-state index in [2.05, 4.69) is 22.4 Å². The Morgan fingerprint density at radius 3 is 2.91 bits per heavy atom. The second-order valence-corrected chi connectivity index (χ2v) is 7.08. The molecular formula is C17H17N3O2S. The summed E-state index contributed by atoms with van der Waals surface area (Å²) in [4.78, 5) is 30.3. The monoisotopic (exact) mass is 327 g/mol. The Morgan fingerprint density at radius 1 is 1.30 bits per heavy atom. The van der Waals surface area contributed by atoms with Crippen molar-refractivity contribution in [1.29, 1.82) is 0 Å². The fraction of sp³-hybridized carbons (Fsp3) is 0.353.